The van der Waals surface area contributed by atoms with Crippen molar-refractivity contribution in [3.8, 4) is 84.7 Å². The summed E-state index contributed by atoms with van der Waals surface area (Å²) in [4.78, 5) is 15.3. The Hall–Kier alpha value is -6.70. The average molecular weight is 611 g/mol. The first-order valence-electron chi connectivity index (χ1n) is 15.9. The van der Waals surface area contributed by atoms with Crippen LogP contribution in [0.3, 0.4) is 0 Å². The third kappa shape index (κ3) is 4.57. The van der Waals surface area contributed by atoms with Gasteiger partial charge in [-0.3, -0.25) is 0 Å². The van der Waals surface area contributed by atoms with Crippen LogP contribution in [0.1, 0.15) is 5.56 Å². The molecule has 0 radical (unpaired) electrons. The van der Waals surface area contributed by atoms with Gasteiger partial charge in [-0.2, -0.15) is 5.26 Å². The highest BCUT2D eigenvalue weighted by atomic mass is 15.0. The molecule has 48 heavy (non-hydrogen) atoms. The summed E-state index contributed by atoms with van der Waals surface area (Å²) in [7, 11) is 0. The Balaban J connectivity index is 1.30. The lowest BCUT2D eigenvalue weighted by atomic mass is 9.90. The van der Waals surface area contributed by atoms with E-state index in [2.05, 4.69) is 103 Å². The standard InChI is InChI=1S/C44H26N4/c45-27-28-15-17-31(18-16-28)34-23-24-37-35-13-7-8-14-36(35)38-25-26-39(40(34)41(37)38)44-47-42(32-11-5-2-6-12-32)46-43(48-44)33-21-19-30(20-22-33)29-9-3-1-4-10-29/h1-26H. The van der Waals surface area contributed by atoms with Crippen LogP contribution in [-0.4, -0.2) is 15.0 Å². The van der Waals surface area contributed by atoms with Gasteiger partial charge >= 0.3 is 0 Å². The van der Waals surface area contributed by atoms with Crippen molar-refractivity contribution in [3.63, 3.8) is 0 Å². The van der Waals surface area contributed by atoms with E-state index < -0.39 is 0 Å². The molecule has 1 aliphatic rings. The average Bonchev–Trinajstić information content (AvgIpc) is 3.50. The summed E-state index contributed by atoms with van der Waals surface area (Å²) in [6.45, 7) is 0. The van der Waals surface area contributed by atoms with Gasteiger partial charge in [-0.1, -0.05) is 140 Å². The van der Waals surface area contributed by atoms with Crippen LogP contribution in [0.25, 0.3) is 89.4 Å². The predicted octanol–water partition coefficient (Wildman–Crippen LogP) is 10.9. The van der Waals surface area contributed by atoms with Crippen molar-refractivity contribution in [3.05, 3.63) is 163 Å². The Labute approximate surface area is 278 Å². The van der Waals surface area contributed by atoms with Gasteiger partial charge in [0.1, 0.15) is 0 Å². The zero-order valence-corrected chi connectivity index (χ0v) is 25.8. The molecule has 1 heterocycles. The molecule has 0 saturated heterocycles. The Bertz CT molecular complexity index is 2500. The molecule has 0 amide bonds. The molecule has 222 valence electrons. The van der Waals surface area contributed by atoms with Gasteiger partial charge in [-0.15, -0.1) is 0 Å². The van der Waals surface area contributed by atoms with Crippen molar-refractivity contribution in [2.75, 3.05) is 0 Å². The summed E-state index contributed by atoms with van der Waals surface area (Å²) in [5.74, 6) is 1.85. The van der Waals surface area contributed by atoms with Gasteiger partial charge in [0.05, 0.1) is 11.6 Å². The van der Waals surface area contributed by atoms with E-state index in [1.165, 1.54) is 27.6 Å². The molecule has 0 fully saturated rings. The number of rotatable bonds is 5. The van der Waals surface area contributed by atoms with E-state index in [-0.39, 0.29) is 0 Å². The molecule has 0 spiro atoms. The molecule has 0 atom stereocenters. The van der Waals surface area contributed by atoms with Gasteiger partial charge in [-0.05, 0) is 68.1 Å². The maximum atomic E-state index is 9.49. The van der Waals surface area contributed by atoms with Crippen LogP contribution in [0.2, 0.25) is 0 Å². The molecule has 1 aliphatic carbocycles. The summed E-state index contributed by atoms with van der Waals surface area (Å²) in [5, 5.41) is 11.8. The zero-order chi connectivity index (χ0) is 32.0. The maximum Gasteiger partial charge on any atom is 0.164 e. The fourth-order valence-corrected chi connectivity index (χ4v) is 6.83. The van der Waals surface area contributed by atoms with Crippen molar-refractivity contribution in [2.45, 2.75) is 0 Å². The second-order valence-electron chi connectivity index (χ2n) is 11.9. The van der Waals surface area contributed by atoms with Crippen LogP contribution in [0.5, 0.6) is 0 Å². The molecule has 7 aromatic carbocycles. The van der Waals surface area contributed by atoms with Gasteiger partial charge in [0, 0.05) is 22.1 Å². The van der Waals surface area contributed by atoms with E-state index in [0.29, 0.717) is 23.0 Å². The number of benzene rings is 7. The van der Waals surface area contributed by atoms with E-state index in [0.717, 1.165) is 44.3 Å². The monoisotopic (exact) mass is 610 g/mol. The maximum absolute atomic E-state index is 9.49. The summed E-state index contributed by atoms with van der Waals surface area (Å²) in [5.41, 5.74) is 12.6. The lowest BCUT2D eigenvalue weighted by Crippen LogP contribution is -2.01. The second-order valence-corrected chi connectivity index (χ2v) is 11.9. The Morgan fingerprint density at radius 2 is 0.729 bits per heavy atom. The van der Waals surface area contributed by atoms with Crippen LogP contribution in [0.15, 0.2) is 158 Å². The number of hydrogen-bond acceptors (Lipinski definition) is 4. The highest BCUT2D eigenvalue weighted by Crippen LogP contribution is 2.51. The molecule has 0 unspecified atom stereocenters. The largest absolute Gasteiger partial charge is 0.208 e. The smallest absolute Gasteiger partial charge is 0.164 e. The minimum Gasteiger partial charge on any atom is -0.208 e. The van der Waals surface area contributed by atoms with Crippen LogP contribution in [0.4, 0.5) is 0 Å². The highest BCUT2D eigenvalue weighted by molar-refractivity contribution is 6.22. The molecule has 9 rings (SSSR count). The van der Waals surface area contributed by atoms with E-state index in [9.17, 15) is 5.26 Å². The molecular formula is C44H26N4. The van der Waals surface area contributed by atoms with Crippen LogP contribution < -0.4 is 0 Å². The van der Waals surface area contributed by atoms with E-state index in [1.54, 1.807) is 0 Å². The number of aromatic nitrogens is 3. The van der Waals surface area contributed by atoms with Crippen molar-refractivity contribution >= 4 is 10.8 Å². The lowest BCUT2D eigenvalue weighted by Gasteiger charge is -2.15. The topological polar surface area (TPSA) is 62.5 Å². The van der Waals surface area contributed by atoms with Crippen molar-refractivity contribution < 1.29 is 0 Å². The zero-order valence-electron chi connectivity index (χ0n) is 25.8. The fraction of sp³-hybridized carbons (Fsp3) is 0. The van der Waals surface area contributed by atoms with Gasteiger partial charge in [-0.25, -0.2) is 15.0 Å². The summed E-state index contributed by atoms with van der Waals surface area (Å²) in [6.07, 6.45) is 0. The third-order valence-electron chi connectivity index (χ3n) is 9.15. The predicted molar refractivity (Wildman–Crippen MR) is 194 cm³/mol. The first-order chi connectivity index (χ1) is 23.7. The molecule has 8 aromatic rings. The van der Waals surface area contributed by atoms with Crippen molar-refractivity contribution in [1.82, 2.24) is 15.0 Å². The Morgan fingerprint density at radius 1 is 0.312 bits per heavy atom. The number of nitrogens with zero attached hydrogens (tertiary/aromatic N) is 4. The SMILES string of the molecule is N#Cc1ccc(-c2ccc3c4c(ccc(-c5nc(-c6ccccc6)nc(-c6ccc(-c7ccccc7)cc6)n5)c24)-c2ccccc2-3)cc1. The highest BCUT2D eigenvalue weighted by Gasteiger charge is 2.26. The number of fused-ring (bicyclic) bond motifs is 3. The number of nitriles is 1. The molecular weight excluding hydrogens is 585 g/mol. The molecule has 4 nitrogen and oxygen atoms in total. The minimum atomic E-state index is 0.612. The first-order valence-corrected chi connectivity index (χ1v) is 15.9. The second kappa shape index (κ2) is 11.3. The quantitative estimate of drug-likeness (QED) is 0.194. The van der Waals surface area contributed by atoms with Gasteiger partial charge in [0.25, 0.3) is 0 Å². The normalized spacial score (nSPS) is 11.3. The first kappa shape index (κ1) is 27.6. The van der Waals surface area contributed by atoms with E-state index >= 15 is 0 Å². The van der Waals surface area contributed by atoms with Crippen molar-refractivity contribution in [1.29, 1.82) is 5.26 Å². The van der Waals surface area contributed by atoms with Crippen LogP contribution in [-0.2, 0) is 0 Å². The molecule has 4 heteroatoms. The Kier molecular flexibility index (Phi) is 6.48. The van der Waals surface area contributed by atoms with Crippen LogP contribution in [0, 0.1) is 11.3 Å². The van der Waals surface area contributed by atoms with Gasteiger partial charge < -0.3 is 0 Å². The molecule has 0 N–H and O–H groups in total. The molecule has 0 aliphatic heterocycles. The van der Waals surface area contributed by atoms with Crippen LogP contribution >= 0.6 is 0 Å². The van der Waals surface area contributed by atoms with E-state index in [4.69, 9.17) is 15.0 Å². The minimum absolute atomic E-state index is 0.612. The van der Waals surface area contributed by atoms with Gasteiger partial charge in [0.15, 0.2) is 17.5 Å². The van der Waals surface area contributed by atoms with E-state index in [1.807, 2.05) is 60.7 Å². The van der Waals surface area contributed by atoms with Crippen molar-refractivity contribution in [2.24, 2.45) is 0 Å². The summed E-state index contributed by atoms with van der Waals surface area (Å²) >= 11 is 0. The molecule has 1 aromatic heterocycles. The summed E-state index contributed by atoms with van der Waals surface area (Å²) < 4.78 is 0. The Morgan fingerprint density at radius 3 is 1.33 bits per heavy atom. The molecule has 0 saturated carbocycles. The molecule has 0 bridgehead atoms. The fourth-order valence-electron chi connectivity index (χ4n) is 6.83. The van der Waals surface area contributed by atoms with Gasteiger partial charge in [0.2, 0.25) is 0 Å². The summed E-state index contributed by atoms with van der Waals surface area (Å²) in [6, 6.07) is 56.3. The number of hydrogen-bond donors (Lipinski definition) is 0. The lowest BCUT2D eigenvalue weighted by molar-refractivity contribution is 1.08. The third-order valence-corrected chi connectivity index (χ3v) is 9.15.